The zero-order chi connectivity index (χ0) is 13.7. The van der Waals surface area contributed by atoms with E-state index < -0.39 is 0 Å². The Labute approximate surface area is 115 Å². The lowest BCUT2D eigenvalue weighted by Gasteiger charge is -2.19. The van der Waals surface area contributed by atoms with Crippen LogP contribution in [0.3, 0.4) is 0 Å². The Morgan fingerprint density at radius 2 is 2.05 bits per heavy atom. The van der Waals surface area contributed by atoms with E-state index in [4.69, 9.17) is 0 Å². The quantitative estimate of drug-likeness (QED) is 0.854. The van der Waals surface area contributed by atoms with Gasteiger partial charge in [-0.15, -0.1) is 0 Å². The van der Waals surface area contributed by atoms with Crippen LogP contribution in [0.5, 0.6) is 0 Å². The number of rotatable bonds is 5. The fraction of sp³-hybridized carbons (Fsp3) is 0.562. The maximum atomic E-state index is 11.9. The van der Waals surface area contributed by atoms with E-state index in [1.54, 1.807) is 0 Å². The second-order valence-electron chi connectivity index (χ2n) is 5.56. The highest BCUT2D eigenvalue weighted by atomic mass is 16.1. The SMILES string of the molecule is CC(C)NCCC(=O)Nc1cccc2c1CCCC2. The molecule has 1 aliphatic carbocycles. The van der Waals surface area contributed by atoms with Gasteiger partial charge in [-0.05, 0) is 42.9 Å². The van der Waals surface area contributed by atoms with E-state index in [1.165, 1.54) is 24.0 Å². The molecular weight excluding hydrogens is 236 g/mol. The first-order chi connectivity index (χ1) is 9.16. The smallest absolute Gasteiger partial charge is 0.225 e. The van der Waals surface area contributed by atoms with Gasteiger partial charge in [-0.1, -0.05) is 26.0 Å². The molecule has 0 bridgehead atoms. The lowest BCUT2D eigenvalue weighted by atomic mass is 9.90. The van der Waals surface area contributed by atoms with Gasteiger partial charge in [-0.25, -0.2) is 0 Å². The van der Waals surface area contributed by atoms with E-state index in [0.717, 1.165) is 25.1 Å². The number of carbonyl (C=O) groups excluding carboxylic acids is 1. The van der Waals surface area contributed by atoms with Gasteiger partial charge in [0, 0.05) is 24.7 Å². The third-order valence-corrected chi connectivity index (χ3v) is 3.57. The summed E-state index contributed by atoms with van der Waals surface area (Å²) in [6.45, 7) is 4.91. The molecule has 19 heavy (non-hydrogen) atoms. The summed E-state index contributed by atoms with van der Waals surface area (Å²) < 4.78 is 0. The number of fused-ring (bicyclic) bond motifs is 1. The van der Waals surface area contributed by atoms with Crippen molar-refractivity contribution in [3.63, 3.8) is 0 Å². The third kappa shape index (κ3) is 4.06. The maximum Gasteiger partial charge on any atom is 0.225 e. The Bertz CT molecular complexity index is 440. The van der Waals surface area contributed by atoms with Gasteiger partial charge < -0.3 is 10.6 Å². The van der Waals surface area contributed by atoms with Gasteiger partial charge in [0.1, 0.15) is 0 Å². The molecule has 0 saturated carbocycles. The van der Waals surface area contributed by atoms with Crippen LogP contribution in [0.1, 0.15) is 44.2 Å². The Balaban J connectivity index is 1.93. The van der Waals surface area contributed by atoms with E-state index in [-0.39, 0.29) is 5.91 Å². The molecule has 1 aromatic carbocycles. The molecule has 0 aromatic heterocycles. The summed E-state index contributed by atoms with van der Waals surface area (Å²) in [5, 5.41) is 6.33. The molecular formula is C16H24N2O. The Morgan fingerprint density at radius 1 is 1.26 bits per heavy atom. The highest BCUT2D eigenvalue weighted by molar-refractivity contribution is 5.91. The predicted molar refractivity (Wildman–Crippen MR) is 79.5 cm³/mol. The van der Waals surface area contributed by atoms with E-state index in [1.807, 2.05) is 12.1 Å². The zero-order valence-corrected chi connectivity index (χ0v) is 12.0. The summed E-state index contributed by atoms with van der Waals surface area (Å²) >= 11 is 0. The lowest BCUT2D eigenvalue weighted by molar-refractivity contribution is -0.116. The van der Waals surface area contributed by atoms with E-state index in [2.05, 4.69) is 30.5 Å². The van der Waals surface area contributed by atoms with Gasteiger partial charge >= 0.3 is 0 Å². The molecule has 0 saturated heterocycles. The monoisotopic (exact) mass is 260 g/mol. The predicted octanol–water partition coefficient (Wildman–Crippen LogP) is 2.89. The molecule has 3 heteroatoms. The van der Waals surface area contributed by atoms with Crippen molar-refractivity contribution >= 4 is 11.6 Å². The molecule has 0 unspecified atom stereocenters. The van der Waals surface area contributed by atoms with E-state index >= 15 is 0 Å². The Kier molecular flexibility index (Phi) is 4.97. The van der Waals surface area contributed by atoms with Crippen LogP contribution in [0.2, 0.25) is 0 Å². The van der Waals surface area contributed by atoms with Gasteiger partial charge in [-0.2, -0.15) is 0 Å². The summed E-state index contributed by atoms with van der Waals surface area (Å²) in [4.78, 5) is 11.9. The number of hydrogen-bond acceptors (Lipinski definition) is 2. The molecule has 0 aliphatic heterocycles. The first-order valence-electron chi connectivity index (χ1n) is 7.31. The van der Waals surface area contributed by atoms with Gasteiger partial charge in [0.05, 0.1) is 0 Å². The first kappa shape index (κ1) is 14.1. The van der Waals surface area contributed by atoms with Crippen molar-refractivity contribution in [2.75, 3.05) is 11.9 Å². The number of benzene rings is 1. The molecule has 0 fully saturated rings. The van der Waals surface area contributed by atoms with Crippen molar-refractivity contribution < 1.29 is 4.79 Å². The summed E-state index contributed by atoms with van der Waals surface area (Å²) in [6, 6.07) is 6.69. The molecule has 0 spiro atoms. The summed E-state index contributed by atoms with van der Waals surface area (Å²) in [7, 11) is 0. The Morgan fingerprint density at radius 3 is 2.84 bits per heavy atom. The van der Waals surface area contributed by atoms with Crippen molar-refractivity contribution in [2.24, 2.45) is 0 Å². The van der Waals surface area contributed by atoms with Crippen molar-refractivity contribution in [2.45, 2.75) is 52.0 Å². The standard InChI is InChI=1S/C16H24N2O/c1-12(2)17-11-10-16(19)18-15-9-5-7-13-6-3-4-8-14(13)15/h5,7,9,12,17H,3-4,6,8,10-11H2,1-2H3,(H,18,19). The fourth-order valence-corrected chi connectivity index (χ4v) is 2.59. The zero-order valence-electron chi connectivity index (χ0n) is 12.0. The average Bonchev–Trinajstić information content (AvgIpc) is 2.39. The molecule has 1 aliphatic rings. The van der Waals surface area contributed by atoms with Crippen LogP contribution in [0, 0.1) is 0 Å². The van der Waals surface area contributed by atoms with Crippen molar-refractivity contribution in [1.29, 1.82) is 0 Å². The molecule has 2 N–H and O–H groups in total. The molecule has 104 valence electrons. The summed E-state index contributed by atoms with van der Waals surface area (Å²) in [6.07, 6.45) is 5.27. The largest absolute Gasteiger partial charge is 0.326 e. The van der Waals surface area contributed by atoms with Gasteiger partial charge in [0.2, 0.25) is 5.91 Å². The minimum absolute atomic E-state index is 0.104. The highest BCUT2D eigenvalue weighted by Crippen LogP contribution is 2.27. The van der Waals surface area contributed by atoms with Crippen molar-refractivity contribution in [3.8, 4) is 0 Å². The summed E-state index contributed by atoms with van der Waals surface area (Å²) in [5.74, 6) is 0.104. The van der Waals surface area contributed by atoms with Crippen LogP contribution in [0.4, 0.5) is 5.69 Å². The van der Waals surface area contributed by atoms with Crippen molar-refractivity contribution in [1.82, 2.24) is 5.32 Å². The van der Waals surface area contributed by atoms with Crippen LogP contribution < -0.4 is 10.6 Å². The second-order valence-corrected chi connectivity index (χ2v) is 5.56. The van der Waals surface area contributed by atoms with Gasteiger partial charge in [0.15, 0.2) is 0 Å². The third-order valence-electron chi connectivity index (χ3n) is 3.57. The number of nitrogens with one attached hydrogen (secondary N) is 2. The minimum Gasteiger partial charge on any atom is -0.326 e. The maximum absolute atomic E-state index is 11.9. The molecule has 0 radical (unpaired) electrons. The van der Waals surface area contributed by atoms with Gasteiger partial charge in [-0.3, -0.25) is 4.79 Å². The molecule has 1 aromatic rings. The molecule has 2 rings (SSSR count). The number of aryl methyl sites for hydroxylation is 1. The number of carbonyl (C=O) groups is 1. The van der Waals surface area contributed by atoms with Crippen LogP contribution >= 0.6 is 0 Å². The molecule has 1 amide bonds. The number of amides is 1. The van der Waals surface area contributed by atoms with E-state index in [0.29, 0.717) is 12.5 Å². The average molecular weight is 260 g/mol. The number of hydrogen-bond donors (Lipinski definition) is 2. The molecule has 0 heterocycles. The fourth-order valence-electron chi connectivity index (χ4n) is 2.59. The molecule has 3 nitrogen and oxygen atoms in total. The topological polar surface area (TPSA) is 41.1 Å². The number of anilines is 1. The summed E-state index contributed by atoms with van der Waals surface area (Å²) in [5.41, 5.74) is 3.77. The van der Waals surface area contributed by atoms with Crippen LogP contribution in [-0.2, 0) is 17.6 Å². The normalized spacial score (nSPS) is 14.3. The lowest BCUT2D eigenvalue weighted by Crippen LogP contribution is -2.27. The van der Waals surface area contributed by atoms with Crippen LogP contribution in [0.25, 0.3) is 0 Å². The second kappa shape index (κ2) is 6.71. The Hall–Kier alpha value is -1.35. The van der Waals surface area contributed by atoms with Crippen molar-refractivity contribution in [3.05, 3.63) is 29.3 Å². The van der Waals surface area contributed by atoms with Crippen LogP contribution in [-0.4, -0.2) is 18.5 Å². The first-order valence-corrected chi connectivity index (χ1v) is 7.31. The minimum atomic E-state index is 0.104. The van der Waals surface area contributed by atoms with Gasteiger partial charge in [0.25, 0.3) is 0 Å². The van der Waals surface area contributed by atoms with Crippen LogP contribution in [0.15, 0.2) is 18.2 Å². The highest BCUT2D eigenvalue weighted by Gasteiger charge is 2.14. The van der Waals surface area contributed by atoms with E-state index in [9.17, 15) is 4.79 Å². The molecule has 0 atom stereocenters.